The summed E-state index contributed by atoms with van der Waals surface area (Å²) >= 11 is 2.59. The fraction of sp³-hybridized carbons (Fsp3) is 1.00. The Balaban J connectivity index is 3.38. The van der Waals surface area contributed by atoms with Crippen molar-refractivity contribution in [2.24, 2.45) is 0 Å². The summed E-state index contributed by atoms with van der Waals surface area (Å²) in [6, 6.07) is 0. The van der Waals surface area contributed by atoms with Crippen LogP contribution in [0.15, 0.2) is 0 Å². The van der Waals surface area contributed by atoms with Crippen LogP contribution in [-0.4, -0.2) is 37.0 Å². The van der Waals surface area contributed by atoms with E-state index in [9.17, 15) is 0 Å². The second kappa shape index (κ2) is 5.20. The van der Waals surface area contributed by atoms with Gasteiger partial charge in [0.2, 0.25) is 0 Å². The quantitative estimate of drug-likeness (QED) is 0.671. The van der Waals surface area contributed by atoms with Crippen LogP contribution in [0.1, 0.15) is 0 Å². The molecule has 3 heteroatoms. The molecule has 0 N–H and O–H groups in total. The summed E-state index contributed by atoms with van der Waals surface area (Å²) in [5.41, 5.74) is 0. The van der Waals surface area contributed by atoms with Crippen LogP contribution in [0.2, 0.25) is 0 Å². The molecule has 0 aromatic heterocycles. The van der Waals surface area contributed by atoms with Gasteiger partial charge < -0.3 is 0 Å². The summed E-state index contributed by atoms with van der Waals surface area (Å²) in [7, 11) is 0.645. The summed E-state index contributed by atoms with van der Waals surface area (Å²) in [6.07, 6.45) is 1.45. The van der Waals surface area contributed by atoms with Gasteiger partial charge in [-0.25, -0.2) is 0 Å². The maximum atomic E-state index is 2.59. The molecule has 0 fully saturated rings. The fourth-order valence-electron chi connectivity index (χ4n) is 0.465. The van der Waals surface area contributed by atoms with Gasteiger partial charge in [-0.2, -0.15) is 0 Å². The molecule has 0 aromatic rings. The molecule has 9 heavy (non-hydrogen) atoms. The minimum absolute atomic E-state index is 0.309. The zero-order valence-corrected chi connectivity index (χ0v) is 10.2. The SMILES string of the molecule is CP(C)C[CH]([Tc])P(C)C. The van der Waals surface area contributed by atoms with Crippen LogP contribution in [0.5, 0.6) is 0 Å². The van der Waals surface area contributed by atoms with Crippen molar-refractivity contribution in [3.63, 3.8) is 0 Å². The fourth-order valence-corrected chi connectivity index (χ4v) is 5.39. The molecule has 0 heterocycles. The molecule has 0 aliphatic rings. The number of hydrogen-bond acceptors (Lipinski definition) is 0. The Morgan fingerprint density at radius 3 is 1.78 bits per heavy atom. The summed E-state index contributed by atoms with van der Waals surface area (Å²) in [5, 5.41) is 0. The molecule has 1 unspecified atom stereocenters. The molecule has 0 radical (unpaired) electrons. The van der Waals surface area contributed by atoms with E-state index in [4.69, 9.17) is 0 Å². The molecule has 0 bridgehead atoms. The van der Waals surface area contributed by atoms with Gasteiger partial charge in [-0.3, -0.25) is 0 Å². The van der Waals surface area contributed by atoms with Crippen molar-refractivity contribution in [1.29, 1.82) is 0 Å². The van der Waals surface area contributed by atoms with Crippen molar-refractivity contribution in [3.05, 3.63) is 0 Å². The molecule has 0 aromatic carbocycles. The van der Waals surface area contributed by atoms with Gasteiger partial charge in [0.15, 0.2) is 0 Å². The Labute approximate surface area is 71.8 Å². The molecule has 56 valence electrons. The standard InChI is InChI=1S/C6H15P2.Tc/c1-7(2)5-6-8(3)4;/h5H,6H2,1-4H3;. The van der Waals surface area contributed by atoms with Crippen molar-refractivity contribution in [2.75, 3.05) is 32.8 Å². The van der Waals surface area contributed by atoms with E-state index in [-0.39, 0.29) is 0 Å². The van der Waals surface area contributed by atoms with Gasteiger partial charge in [-0.1, -0.05) is 0 Å². The van der Waals surface area contributed by atoms with Gasteiger partial charge in [-0.15, -0.1) is 0 Å². The van der Waals surface area contributed by atoms with Crippen LogP contribution in [0, 0.1) is 0 Å². The van der Waals surface area contributed by atoms with Gasteiger partial charge in [0.05, 0.1) is 0 Å². The Bertz CT molecular complexity index is 73.5. The van der Waals surface area contributed by atoms with Gasteiger partial charge in [0.25, 0.3) is 0 Å². The van der Waals surface area contributed by atoms with Crippen LogP contribution in [0.4, 0.5) is 0 Å². The molecule has 0 saturated heterocycles. The van der Waals surface area contributed by atoms with Crippen LogP contribution in [0.3, 0.4) is 0 Å². The first-order chi connectivity index (χ1) is 4.04. The van der Waals surface area contributed by atoms with E-state index in [1.807, 2.05) is 0 Å². The van der Waals surface area contributed by atoms with Gasteiger partial charge >= 0.3 is 71.7 Å². The van der Waals surface area contributed by atoms with Gasteiger partial charge in [0, 0.05) is 0 Å². The Hall–Kier alpha value is 1.51. The van der Waals surface area contributed by atoms with Crippen LogP contribution in [-0.2, 0) is 18.9 Å². The van der Waals surface area contributed by atoms with Crippen molar-refractivity contribution >= 4 is 15.8 Å². The molecular weight excluding hydrogens is 232 g/mol. The summed E-state index contributed by atoms with van der Waals surface area (Å²) < 4.78 is 0.957. The summed E-state index contributed by atoms with van der Waals surface area (Å²) in [4.78, 5) is 0. The van der Waals surface area contributed by atoms with E-state index in [1.165, 1.54) is 6.16 Å². The number of hydrogen-bond donors (Lipinski definition) is 0. The molecule has 0 aliphatic heterocycles. The molecule has 0 nitrogen and oxygen atoms in total. The maximum absolute atomic E-state index is 2.59. The van der Waals surface area contributed by atoms with Crippen LogP contribution >= 0.6 is 15.8 Å². The molecule has 0 saturated carbocycles. The van der Waals surface area contributed by atoms with E-state index in [1.54, 1.807) is 0 Å². The van der Waals surface area contributed by atoms with E-state index in [0.717, 1.165) is 4.17 Å². The molecule has 0 spiro atoms. The predicted octanol–water partition coefficient (Wildman–Crippen LogP) is 2.34. The summed E-state index contributed by atoms with van der Waals surface area (Å²) in [6.45, 7) is 9.45. The van der Waals surface area contributed by atoms with E-state index in [0.29, 0.717) is 15.8 Å². The molecular formula is C6H15P2Tc. The average molecular weight is 247 g/mol. The molecule has 0 amide bonds. The molecule has 0 rings (SSSR count). The third-order valence-electron chi connectivity index (χ3n) is 1.08. The molecule has 1 atom stereocenters. The van der Waals surface area contributed by atoms with Gasteiger partial charge in [-0.05, 0) is 0 Å². The van der Waals surface area contributed by atoms with Crippen molar-refractivity contribution < 1.29 is 18.9 Å². The first kappa shape index (κ1) is 10.5. The minimum atomic E-state index is 0.309. The van der Waals surface area contributed by atoms with E-state index in [2.05, 4.69) is 45.6 Å². The van der Waals surface area contributed by atoms with Crippen molar-refractivity contribution in [2.45, 2.75) is 4.17 Å². The third-order valence-corrected chi connectivity index (χ3v) is 7.61. The molecule has 0 aliphatic carbocycles. The van der Waals surface area contributed by atoms with Crippen molar-refractivity contribution in [1.82, 2.24) is 0 Å². The van der Waals surface area contributed by atoms with Gasteiger partial charge in [0.1, 0.15) is 0 Å². The normalized spacial score (nSPS) is 15.0. The third kappa shape index (κ3) is 5.93. The first-order valence-corrected chi connectivity index (χ1v) is 8.79. The zero-order valence-electron chi connectivity index (χ0n) is 6.56. The monoisotopic (exact) mass is 246 g/mol. The predicted molar refractivity (Wildman–Crippen MR) is 46.2 cm³/mol. The van der Waals surface area contributed by atoms with E-state index >= 15 is 0 Å². The Morgan fingerprint density at radius 2 is 1.67 bits per heavy atom. The number of rotatable bonds is 3. The summed E-state index contributed by atoms with van der Waals surface area (Å²) in [5.74, 6) is 0. The second-order valence-corrected chi connectivity index (χ2v) is 9.87. The Kier molecular flexibility index (Phi) is 6.07. The topological polar surface area (TPSA) is 0 Å². The van der Waals surface area contributed by atoms with E-state index < -0.39 is 0 Å². The Morgan fingerprint density at radius 1 is 1.22 bits per heavy atom. The van der Waals surface area contributed by atoms with Crippen molar-refractivity contribution in [3.8, 4) is 0 Å². The zero-order chi connectivity index (χ0) is 7.44. The van der Waals surface area contributed by atoms with Crippen LogP contribution in [0.25, 0.3) is 0 Å². The second-order valence-electron chi connectivity index (χ2n) is 2.66. The first-order valence-electron chi connectivity index (χ1n) is 2.99. The van der Waals surface area contributed by atoms with Crippen LogP contribution < -0.4 is 0 Å². The average Bonchev–Trinajstić information content (AvgIpc) is 1.63.